The molecule has 1 fully saturated rings. The summed E-state index contributed by atoms with van der Waals surface area (Å²) in [6.07, 6.45) is 2.11. The van der Waals surface area contributed by atoms with Crippen molar-refractivity contribution in [2.45, 2.75) is 40.5 Å². The summed E-state index contributed by atoms with van der Waals surface area (Å²) in [5, 5.41) is 0. The molecule has 1 unspecified atom stereocenters. The standard InChI is InChI=1S/C13H24N2OS/c1-9(2)10(11(14)17)12(16)15-7-5-13(3,4)6-8-15/h9-10H,5-8H2,1-4H3,(H2,14,17). The van der Waals surface area contributed by atoms with Gasteiger partial charge in [0, 0.05) is 13.1 Å². The van der Waals surface area contributed by atoms with Crippen molar-refractivity contribution in [1.29, 1.82) is 0 Å². The molecule has 0 aromatic carbocycles. The van der Waals surface area contributed by atoms with Crippen molar-refractivity contribution in [1.82, 2.24) is 4.90 Å². The molecule has 1 heterocycles. The third-order valence-electron chi connectivity index (χ3n) is 3.67. The average molecular weight is 256 g/mol. The van der Waals surface area contributed by atoms with E-state index in [0.717, 1.165) is 25.9 Å². The van der Waals surface area contributed by atoms with Crippen LogP contribution in [0.2, 0.25) is 0 Å². The fourth-order valence-corrected chi connectivity index (χ4v) is 2.64. The molecule has 0 bridgehead atoms. The quantitative estimate of drug-likeness (QED) is 0.787. The highest BCUT2D eigenvalue weighted by atomic mass is 32.1. The molecule has 0 aromatic rings. The van der Waals surface area contributed by atoms with Gasteiger partial charge in [-0.2, -0.15) is 0 Å². The highest BCUT2D eigenvalue weighted by Gasteiger charge is 2.33. The summed E-state index contributed by atoms with van der Waals surface area (Å²) in [6.45, 7) is 10.2. The van der Waals surface area contributed by atoms with Crippen molar-refractivity contribution >= 4 is 23.1 Å². The number of amides is 1. The first-order chi connectivity index (χ1) is 7.74. The summed E-state index contributed by atoms with van der Waals surface area (Å²) in [7, 11) is 0. The van der Waals surface area contributed by atoms with Crippen LogP contribution in [0.5, 0.6) is 0 Å². The summed E-state index contributed by atoms with van der Waals surface area (Å²) in [4.78, 5) is 14.6. The fraction of sp³-hybridized carbons (Fsp3) is 0.846. The topological polar surface area (TPSA) is 46.3 Å². The number of hydrogen-bond donors (Lipinski definition) is 1. The lowest BCUT2D eigenvalue weighted by Crippen LogP contribution is -2.48. The third kappa shape index (κ3) is 3.66. The maximum absolute atomic E-state index is 12.4. The molecule has 1 aliphatic rings. The van der Waals surface area contributed by atoms with Crippen LogP contribution in [0.3, 0.4) is 0 Å². The van der Waals surface area contributed by atoms with Crippen LogP contribution < -0.4 is 5.73 Å². The Kier molecular flexibility index (Phi) is 4.53. The van der Waals surface area contributed by atoms with Gasteiger partial charge in [0.15, 0.2) is 0 Å². The molecule has 0 spiro atoms. The molecule has 1 amide bonds. The van der Waals surface area contributed by atoms with Gasteiger partial charge in [-0.25, -0.2) is 0 Å². The smallest absolute Gasteiger partial charge is 0.232 e. The van der Waals surface area contributed by atoms with Crippen LogP contribution in [0.15, 0.2) is 0 Å². The molecule has 0 aromatic heterocycles. The van der Waals surface area contributed by atoms with Gasteiger partial charge in [0.2, 0.25) is 5.91 Å². The van der Waals surface area contributed by atoms with Gasteiger partial charge in [0.1, 0.15) is 0 Å². The van der Waals surface area contributed by atoms with Crippen LogP contribution in [0.25, 0.3) is 0 Å². The maximum Gasteiger partial charge on any atom is 0.232 e. The lowest BCUT2D eigenvalue weighted by Gasteiger charge is -2.38. The Bertz CT molecular complexity index is 303. The lowest BCUT2D eigenvalue weighted by molar-refractivity contribution is -0.136. The Hall–Kier alpha value is -0.640. The highest BCUT2D eigenvalue weighted by Crippen LogP contribution is 2.30. The average Bonchev–Trinajstić information content (AvgIpc) is 2.15. The molecular formula is C13H24N2OS. The number of likely N-dealkylation sites (tertiary alicyclic amines) is 1. The summed E-state index contributed by atoms with van der Waals surface area (Å²) in [5.74, 6) is -0.0100. The van der Waals surface area contributed by atoms with Crippen molar-refractivity contribution in [3.05, 3.63) is 0 Å². The lowest BCUT2D eigenvalue weighted by atomic mass is 9.82. The van der Waals surface area contributed by atoms with Gasteiger partial charge in [0.05, 0.1) is 10.9 Å². The zero-order valence-electron chi connectivity index (χ0n) is 11.3. The van der Waals surface area contributed by atoms with Gasteiger partial charge in [-0.3, -0.25) is 4.79 Å². The minimum Gasteiger partial charge on any atom is -0.393 e. The molecule has 0 radical (unpaired) electrons. The molecule has 0 saturated carbocycles. The number of carbonyl (C=O) groups excluding carboxylic acids is 1. The molecule has 0 aliphatic carbocycles. The van der Waals surface area contributed by atoms with E-state index in [-0.39, 0.29) is 17.7 Å². The first kappa shape index (κ1) is 14.4. The van der Waals surface area contributed by atoms with Crippen LogP contribution in [0.1, 0.15) is 40.5 Å². The van der Waals surface area contributed by atoms with Gasteiger partial charge in [-0.15, -0.1) is 0 Å². The number of hydrogen-bond acceptors (Lipinski definition) is 2. The van der Waals surface area contributed by atoms with Gasteiger partial charge >= 0.3 is 0 Å². The first-order valence-electron chi connectivity index (χ1n) is 6.33. The van der Waals surface area contributed by atoms with E-state index in [1.807, 2.05) is 18.7 Å². The van der Waals surface area contributed by atoms with Crippen molar-refractivity contribution in [2.75, 3.05) is 13.1 Å². The monoisotopic (exact) mass is 256 g/mol. The first-order valence-corrected chi connectivity index (χ1v) is 6.73. The maximum atomic E-state index is 12.4. The second-order valence-electron chi connectivity index (χ2n) is 6.11. The van der Waals surface area contributed by atoms with Crippen molar-refractivity contribution in [3.63, 3.8) is 0 Å². The van der Waals surface area contributed by atoms with Gasteiger partial charge in [0.25, 0.3) is 0 Å². The van der Waals surface area contributed by atoms with Gasteiger partial charge in [-0.05, 0) is 24.2 Å². The Morgan fingerprint density at radius 2 is 1.76 bits per heavy atom. The fourth-order valence-electron chi connectivity index (χ4n) is 2.26. The minimum atomic E-state index is -0.300. The Balaban J connectivity index is 2.67. The van der Waals surface area contributed by atoms with Gasteiger partial charge in [-0.1, -0.05) is 39.9 Å². The van der Waals surface area contributed by atoms with E-state index >= 15 is 0 Å². The Labute approximate surface area is 110 Å². The van der Waals surface area contributed by atoms with E-state index in [0.29, 0.717) is 10.4 Å². The van der Waals surface area contributed by atoms with E-state index < -0.39 is 0 Å². The second kappa shape index (κ2) is 5.34. The molecule has 1 aliphatic heterocycles. The van der Waals surface area contributed by atoms with Crippen molar-refractivity contribution in [3.8, 4) is 0 Å². The Morgan fingerprint density at radius 3 is 2.12 bits per heavy atom. The van der Waals surface area contributed by atoms with E-state index in [9.17, 15) is 4.79 Å². The summed E-state index contributed by atoms with van der Waals surface area (Å²) < 4.78 is 0. The van der Waals surface area contributed by atoms with E-state index in [1.165, 1.54) is 0 Å². The van der Waals surface area contributed by atoms with E-state index in [4.69, 9.17) is 18.0 Å². The molecule has 17 heavy (non-hydrogen) atoms. The summed E-state index contributed by atoms with van der Waals surface area (Å²) >= 11 is 5.01. The van der Waals surface area contributed by atoms with Crippen LogP contribution in [-0.2, 0) is 4.79 Å². The van der Waals surface area contributed by atoms with E-state index in [2.05, 4.69) is 13.8 Å². The molecular weight excluding hydrogens is 232 g/mol. The molecule has 4 heteroatoms. The molecule has 1 saturated heterocycles. The number of carbonyl (C=O) groups is 1. The van der Waals surface area contributed by atoms with Gasteiger partial charge < -0.3 is 10.6 Å². The third-order valence-corrected chi connectivity index (χ3v) is 3.92. The molecule has 3 nitrogen and oxygen atoms in total. The number of piperidine rings is 1. The van der Waals surface area contributed by atoms with Crippen molar-refractivity contribution < 1.29 is 4.79 Å². The number of thiocarbonyl (C=S) groups is 1. The number of nitrogens with zero attached hydrogens (tertiary/aromatic N) is 1. The zero-order valence-corrected chi connectivity index (χ0v) is 12.1. The molecule has 1 rings (SSSR count). The number of rotatable bonds is 3. The predicted octanol–water partition coefficient (Wildman–Crippen LogP) is 2.19. The minimum absolute atomic E-state index is 0.114. The molecule has 2 N–H and O–H groups in total. The van der Waals surface area contributed by atoms with Crippen LogP contribution in [0.4, 0.5) is 0 Å². The summed E-state index contributed by atoms with van der Waals surface area (Å²) in [6, 6.07) is 0. The molecule has 98 valence electrons. The number of nitrogens with two attached hydrogens (primary N) is 1. The SMILES string of the molecule is CC(C)C(C(=O)N1CCC(C)(C)CC1)C(N)=S. The molecule has 1 atom stereocenters. The zero-order chi connectivity index (χ0) is 13.2. The van der Waals surface area contributed by atoms with Crippen LogP contribution in [0, 0.1) is 17.3 Å². The van der Waals surface area contributed by atoms with E-state index in [1.54, 1.807) is 0 Å². The van der Waals surface area contributed by atoms with Crippen LogP contribution >= 0.6 is 12.2 Å². The predicted molar refractivity (Wildman–Crippen MR) is 74.7 cm³/mol. The van der Waals surface area contributed by atoms with Crippen LogP contribution in [-0.4, -0.2) is 28.9 Å². The van der Waals surface area contributed by atoms with Crippen molar-refractivity contribution in [2.24, 2.45) is 23.0 Å². The highest BCUT2D eigenvalue weighted by molar-refractivity contribution is 7.80. The second-order valence-corrected chi connectivity index (χ2v) is 6.58. The summed E-state index contributed by atoms with van der Waals surface area (Å²) in [5.41, 5.74) is 6.04. The largest absolute Gasteiger partial charge is 0.393 e. The Morgan fingerprint density at radius 1 is 1.29 bits per heavy atom. The normalized spacial score (nSPS) is 21.4.